The maximum Gasteiger partial charge on any atom is 0.196 e. The third kappa shape index (κ3) is 2.30. The van der Waals surface area contributed by atoms with Gasteiger partial charge in [0.2, 0.25) is 0 Å². The van der Waals surface area contributed by atoms with Crippen molar-refractivity contribution in [3.8, 4) is 5.75 Å². The molecule has 3 rings (SSSR count). The monoisotopic (exact) mass is 291 g/mol. The Morgan fingerprint density at radius 2 is 2.35 bits per heavy atom. The molecule has 1 unspecified atom stereocenters. The molecule has 0 radical (unpaired) electrons. The summed E-state index contributed by atoms with van der Waals surface area (Å²) in [5, 5.41) is 3.00. The first kappa shape index (κ1) is 12.8. The van der Waals surface area contributed by atoms with E-state index in [1.165, 1.54) is 0 Å². The minimum atomic E-state index is -0.544. The molecule has 0 saturated carbocycles. The summed E-state index contributed by atoms with van der Waals surface area (Å²) in [6.07, 6.45) is 1.72. The second-order valence-electron chi connectivity index (χ2n) is 4.43. The summed E-state index contributed by atoms with van der Waals surface area (Å²) in [7, 11) is 1.65. The molecular weight excluding hydrogens is 278 g/mol. The molecule has 0 spiro atoms. The van der Waals surface area contributed by atoms with Crippen LogP contribution in [0.4, 0.5) is 5.82 Å². The molecule has 1 aliphatic heterocycles. The van der Waals surface area contributed by atoms with Crippen LogP contribution in [0.1, 0.15) is 16.8 Å². The van der Waals surface area contributed by atoms with Gasteiger partial charge < -0.3 is 20.4 Å². The van der Waals surface area contributed by atoms with Gasteiger partial charge in [0.15, 0.2) is 11.5 Å². The molecule has 6 nitrogen and oxygen atoms in total. The summed E-state index contributed by atoms with van der Waals surface area (Å²) < 4.78 is 7.17. The first-order valence-corrected chi connectivity index (χ1v) is 6.53. The van der Waals surface area contributed by atoms with Crippen molar-refractivity contribution in [1.29, 1.82) is 0 Å². The molecule has 7 heteroatoms. The molecule has 3 N–H and O–H groups in total. The lowest BCUT2D eigenvalue weighted by Crippen LogP contribution is -2.28. The van der Waals surface area contributed by atoms with Crippen LogP contribution in [-0.4, -0.2) is 22.6 Å². The predicted octanol–water partition coefficient (Wildman–Crippen LogP) is 1.92. The van der Waals surface area contributed by atoms with E-state index in [0.717, 1.165) is 17.1 Å². The number of fused-ring (bicyclic) bond motifs is 1. The first-order chi connectivity index (χ1) is 9.67. The van der Waals surface area contributed by atoms with Crippen molar-refractivity contribution in [3.63, 3.8) is 0 Å². The number of ether oxygens (including phenoxy) is 1. The number of hydrogen-bond acceptors (Lipinski definition) is 5. The van der Waals surface area contributed by atoms with Gasteiger partial charge in [-0.05, 0) is 17.7 Å². The van der Waals surface area contributed by atoms with Gasteiger partial charge >= 0.3 is 0 Å². The second-order valence-corrected chi connectivity index (χ2v) is 4.85. The predicted molar refractivity (Wildman–Crippen MR) is 78.2 cm³/mol. The Hall–Kier alpha value is -2.21. The van der Waals surface area contributed by atoms with Crippen LogP contribution in [0.3, 0.4) is 0 Å². The highest BCUT2D eigenvalue weighted by Gasteiger charge is 2.23. The van der Waals surface area contributed by atoms with E-state index in [0.29, 0.717) is 18.2 Å². The number of aromatic nitrogens is 2. The third-order valence-corrected chi connectivity index (χ3v) is 3.38. The number of guanidine groups is 1. The van der Waals surface area contributed by atoms with Crippen LogP contribution >= 0.6 is 11.6 Å². The number of rotatable bonds is 3. The number of imidazole rings is 1. The Kier molecular flexibility index (Phi) is 3.23. The molecule has 1 aromatic carbocycles. The van der Waals surface area contributed by atoms with Crippen molar-refractivity contribution in [1.82, 2.24) is 9.55 Å². The van der Waals surface area contributed by atoms with Gasteiger partial charge in [-0.15, -0.1) is 0 Å². The van der Waals surface area contributed by atoms with Crippen LogP contribution in [0.5, 0.6) is 5.75 Å². The molecule has 104 valence electrons. The maximum absolute atomic E-state index is 6.10. The van der Waals surface area contributed by atoms with E-state index in [2.05, 4.69) is 15.3 Å². The average Bonchev–Trinajstić information content (AvgIpc) is 2.82. The number of aliphatic imine (C=N–C) groups is 1. The van der Waals surface area contributed by atoms with Gasteiger partial charge in [0.1, 0.15) is 17.3 Å². The molecule has 1 atom stereocenters. The van der Waals surface area contributed by atoms with Gasteiger partial charge in [-0.2, -0.15) is 0 Å². The van der Waals surface area contributed by atoms with Crippen LogP contribution in [0.25, 0.3) is 0 Å². The number of benzene rings is 1. The fourth-order valence-corrected chi connectivity index (χ4v) is 2.40. The highest BCUT2D eigenvalue weighted by molar-refractivity contribution is 6.22. The Morgan fingerprint density at radius 3 is 3.15 bits per heavy atom. The largest absolute Gasteiger partial charge is 0.497 e. The van der Waals surface area contributed by atoms with Crippen molar-refractivity contribution < 1.29 is 4.74 Å². The molecule has 20 heavy (non-hydrogen) atoms. The number of nitrogens with one attached hydrogen (secondary N) is 1. The van der Waals surface area contributed by atoms with Crippen molar-refractivity contribution in [2.24, 2.45) is 10.7 Å². The molecule has 0 aliphatic carbocycles. The molecule has 0 fully saturated rings. The highest BCUT2D eigenvalue weighted by Crippen LogP contribution is 2.31. The normalized spacial score (nSPS) is 17.1. The van der Waals surface area contributed by atoms with E-state index < -0.39 is 5.50 Å². The zero-order valence-corrected chi connectivity index (χ0v) is 11.6. The van der Waals surface area contributed by atoms with Crippen molar-refractivity contribution in [3.05, 3.63) is 41.9 Å². The number of hydrogen-bond donors (Lipinski definition) is 2. The molecule has 1 aromatic heterocycles. The maximum atomic E-state index is 6.10. The van der Waals surface area contributed by atoms with E-state index in [1.807, 2.05) is 28.8 Å². The topological polar surface area (TPSA) is 77.5 Å². The van der Waals surface area contributed by atoms with Gasteiger partial charge in [0.05, 0.1) is 20.0 Å². The Morgan fingerprint density at radius 1 is 1.50 bits per heavy atom. The quantitative estimate of drug-likeness (QED) is 0.669. The molecule has 0 saturated heterocycles. The smallest absolute Gasteiger partial charge is 0.196 e. The molecule has 0 amide bonds. The number of methoxy groups -OCH3 is 1. The fourth-order valence-electron chi connectivity index (χ4n) is 2.13. The van der Waals surface area contributed by atoms with Crippen LogP contribution in [0.2, 0.25) is 0 Å². The Bertz CT molecular complexity index is 667. The van der Waals surface area contributed by atoms with Gasteiger partial charge in [-0.1, -0.05) is 23.7 Å². The fraction of sp³-hybridized carbons (Fsp3) is 0.231. The number of halogens is 1. The minimum Gasteiger partial charge on any atom is -0.497 e. The standard InChI is InChI=1S/C13H14ClN5O/c1-20-9-4-2-3-8(5-9)6-19-7-16-10-11(14)17-13(15)18-12(10)19/h2-5,7,11H,6H2,1H3,(H3,15,17,18). The van der Waals surface area contributed by atoms with Crippen LogP contribution in [-0.2, 0) is 6.54 Å². The van der Waals surface area contributed by atoms with E-state index in [4.69, 9.17) is 22.1 Å². The summed E-state index contributed by atoms with van der Waals surface area (Å²) in [6, 6.07) is 7.86. The number of alkyl halides is 1. The van der Waals surface area contributed by atoms with Gasteiger partial charge in [-0.3, -0.25) is 0 Å². The lowest BCUT2D eigenvalue weighted by molar-refractivity contribution is 0.414. The molecule has 2 heterocycles. The van der Waals surface area contributed by atoms with Crippen molar-refractivity contribution in [2.75, 3.05) is 12.4 Å². The van der Waals surface area contributed by atoms with E-state index in [9.17, 15) is 0 Å². The SMILES string of the molecule is COc1cccc(Cn2cnc3c2NC(N)=NC3Cl)c1. The molecule has 2 aromatic rings. The van der Waals surface area contributed by atoms with Gasteiger partial charge in [0.25, 0.3) is 0 Å². The summed E-state index contributed by atoms with van der Waals surface area (Å²) >= 11 is 6.10. The van der Waals surface area contributed by atoms with Gasteiger partial charge in [-0.25, -0.2) is 9.98 Å². The number of nitrogens with zero attached hydrogens (tertiary/aromatic N) is 3. The highest BCUT2D eigenvalue weighted by atomic mass is 35.5. The lowest BCUT2D eigenvalue weighted by atomic mass is 10.2. The van der Waals surface area contributed by atoms with E-state index in [-0.39, 0.29) is 0 Å². The minimum absolute atomic E-state index is 0.296. The zero-order valence-electron chi connectivity index (χ0n) is 10.9. The molecule has 1 aliphatic rings. The van der Waals surface area contributed by atoms with Crippen LogP contribution in [0.15, 0.2) is 35.6 Å². The summed E-state index contributed by atoms with van der Waals surface area (Å²) in [4.78, 5) is 8.31. The average molecular weight is 292 g/mol. The van der Waals surface area contributed by atoms with E-state index in [1.54, 1.807) is 13.4 Å². The Labute approximate surface area is 121 Å². The van der Waals surface area contributed by atoms with Crippen molar-refractivity contribution in [2.45, 2.75) is 12.0 Å². The summed E-state index contributed by atoms with van der Waals surface area (Å²) in [5.74, 6) is 1.89. The third-order valence-electron chi connectivity index (χ3n) is 3.08. The second kappa shape index (κ2) is 5.05. The number of anilines is 1. The summed E-state index contributed by atoms with van der Waals surface area (Å²) in [5.41, 5.74) is 6.94. The Balaban J connectivity index is 1.90. The first-order valence-electron chi connectivity index (χ1n) is 6.09. The van der Waals surface area contributed by atoms with Crippen molar-refractivity contribution >= 4 is 23.4 Å². The van der Waals surface area contributed by atoms with Crippen LogP contribution in [0, 0.1) is 0 Å². The lowest BCUT2D eigenvalue weighted by Gasteiger charge is -2.17. The number of nitrogens with two attached hydrogens (primary N) is 1. The van der Waals surface area contributed by atoms with Gasteiger partial charge in [0, 0.05) is 0 Å². The van der Waals surface area contributed by atoms with E-state index >= 15 is 0 Å². The summed E-state index contributed by atoms with van der Waals surface area (Å²) in [6.45, 7) is 0.642. The molecule has 0 bridgehead atoms. The molecular formula is C13H14ClN5O. The van der Waals surface area contributed by atoms with Crippen LogP contribution < -0.4 is 15.8 Å². The zero-order chi connectivity index (χ0) is 14.1.